The molecule has 3 rings (SSSR count). The molecule has 0 radical (unpaired) electrons. The third-order valence-electron chi connectivity index (χ3n) is 2.62. The second kappa shape index (κ2) is 3.85. The number of para-hydroxylation sites is 1. The third-order valence-corrected chi connectivity index (χ3v) is 2.86. The van der Waals surface area contributed by atoms with Gasteiger partial charge in [0.25, 0.3) is 5.91 Å². The van der Waals surface area contributed by atoms with Crippen molar-refractivity contribution < 1.29 is 9.53 Å². The van der Waals surface area contributed by atoms with Crippen LogP contribution in [0.1, 0.15) is 5.56 Å². The zero-order chi connectivity index (χ0) is 11.8. The number of aromatic amines is 1. The Morgan fingerprint density at radius 3 is 2.94 bits per heavy atom. The van der Waals surface area contributed by atoms with Crippen LogP contribution in [-0.4, -0.2) is 16.5 Å². The first-order chi connectivity index (χ1) is 8.24. The summed E-state index contributed by atoms with van der Waals surface area (Å²) >= 11 is 4.03. The highest BCUT2D eigenvalue weighted by Gasteiger charge is 2.24. The first kappa shape index (κ1) is 10.3. The van der Waals surface area contributed by atoms with Crippen LogP contribution < -0.4 is 5.32 Å². The molecule has 2 N–H and O–H groups in total. The van der Waals surface area contributed by atoms with E-state index in [1.165, 1.54) is 0 Å². The minimum Gasteiger partial charge on any atom is -0.456 e. The maximum absolute atomic E-state index is 11.5. The quantitative estimate of drug-likeness (QED) is 0.531. The topological polar surface area (TPSA) is 54.1 Å². The largest absolute Gasteiger partial charge is 0.456 e. The van der Waals surface area contributed by atoms with E-state index in [2.05, 4.69) is 22.9 Å². The van der Waals surface area contributed by atoms with Crippen molar-refractivity contribution in [3.05, 3.63) is 41.8 Å². The number of ether oxygens (including phenoxy) is 1. The van der Waals surface area contributed by atoms with Crippen LogP contribution in [0.15, 0.2) is 36.2 Å². The Kier molecular flexibility index (Phi) is 2.33. The first-order valence-electron chi connectivity index (χ1n) is 5.17. The van der Waals surface area contributed by atoms with Gasteiger partial charge in [-0.05, 0) is 12.1 Å². The number of fused-ring (bicyclic) bond motifs is 1. The molecule has 2 aromatic rings. The zero-order valence-corrected chi connectivity index (χ0v) is 9.70. The maximum Gasteiger partial charge on any atom is 0.289 e. The van der Waals surface area contributed by atoms with Crippen molar-refractivity contribution in [2.45, 2.75) is 5.56 Å². The zero-order valence-electron chi connectivity index (χ0n) is 8.81. The van der Waals surface area contributed by atoms with Gasteiger partial charge in [0.05, 0.1) is 0 Å². The average Bonchev–Trinajstić information content (AvgIpc) is 2.85. The van der Waals surface area contributed by atoms with Gasteiger partial charge in [0.2, 0.25) is 5.56 Å². The van der Waals surface area contributed by atoms with Crippen molar-refractivity contribution in [3.63, 3.8) is 0 Å². The predicted molar refractivity (Wildman–Crippen MR) is 68.3 cm³/mol. The Morgan fingerprint density at radius 1 is 1.35 bits per heavy atom. The molecule has 2 heterocycles. The van der Waals surface area contributed by atoms with Gasteiger partial charge in [-0.15, -0.1) is 12.6 Å². The molecular weight excluding hydrogens is 236 g/mol. The fourth-order valence-corrected chi connectivity index (χ4v) is 2.07. The van der Waals surface area contributed by atoms with Gasteiger partial charge >= 0.3 is 0 Å². The lowest BCUT2D eigenvalue weighted by Crippen LogP contribution is -2.20. The van der Waals surface area contributed by atoms with Crippen molar-refractivity contribution in [2.24, 2.45) is 0 Å². The Hall–Kier alpha value is -1.88. The third kappa shape index (κ3) is 1.78. The predicted octanol–water partition coefficient (Wildman–Crippen LogP) is 1.87. The molecular formula is C12H10N2O2S. The fourth-order valence-electron chi connectivity index (χ4n) is 1.84. The molecule has 0 spiro atoms. The summed E-state index contributed by atoms with van der Waals surface area (Å²) in [5.74, 6) is 0.0463. The summed E-state index contributed by atoms with van der Waals surface area (Å²) < 4.78 is 5.25. The minimum atomic E-state index is -0.557. The van der Waals surface area contributed by atoms with Crippen LogP contribution in [0.5, 0.6) is 0 Å². The number of carbonyl (C=O) groups is 1. The van der Waals surface area contributed by atoms with Gasteiger partial charge in [-0.2, -0.15) is 0 Å². The normalized spacial score (nSPS) is 21.8. The van der Waals surface area contributed by atoms with Gasteiger partial charge in [0.1, 0.15) is 0 Å². The number of benzene rings is 1. The molecule has 1 aromatic carbocycles. The van der Waals surface area contributed by atoms with Gasteiger partial charge in [-0.25, -0.2) is 0 Å². The monoisotopic (exact) mass is 246 g/mol. The summed E-state index contributed by atoms with van der Waals surface area (Å²) in [4.78, 5) is 14.6. The van der Waals surface area contributed by atoms with E-state index in [1.807, 2.05) is 30.5 Å². The van der Waals surface area contributed by atoms with Crippen LogP contribution in [0.2, 0.25) is 0 Å². The molecule has 0 aliphatic carbocycles. The van der Waals surface area contributed by atoms with Crippen LogP contribution in [0, 0.1) is 0 Å². The highest BCUT2D eigenvalue weighted by atomic mass is 32.1. The lowest BCUT2D eigenvalue weighted by molar-refractivity contribution is -0.116. The van der Waals surface area contributed by atoms with Crippen molar-refractivity contribution in [3.8, 4) is 0 Å². The fraction of sp³-hybridized carbons (Fsp3) is 0.0833. The van der Waals surface area contributed by atoms with Crippen molar-refractivity contribution in [1.29, 1.82) is 0 Å². The molecule has 1 unspecified atom stereocenters. The van der Waals surface area contributed by atoms with Crippen LogP contribution in [0.4, 0.5) is 0 Å². The smallest absolute Gasteiger partial charge is 0.289 e. The number of aromatic nitrogens is 1. The van der Waals surface area contributed by atoms with Crippen molar-refractivity contribution in [1.82, 2.24) is 10.3 Å². The molecule has 1 amide bonds. The maximum atomic E-state index is 11.5. The second-order valence-electron chi connectivity index (χ2n) is 3.74. The van der Waals surface area contributed by atoms with E-state index in [0.29, 0.717) is 0 Å². The van der Waals surface area contributed by atoms with Gasteiger partial charge in [-0.3, -0.25) is 4.79 Å². The summed E-state index contributed by atoms with van der Waals surface area (Å²) in [6.07, 6.45) is 3.56. The number of amides is 1. The van der Waals surface area contributed by atoms with E-state index in [9.17, 15) is 4.79 Å². The van der Waals surface area contributed by atoms with Crippen LogP contribution in [0.3, 0.4) is 0 Å². The Balaban J connectivity index is 2.05. The Bertz CT molecular complexity index is 618. The molecule has 1 saturated heterocycles. The molecule has 0 saturated carbocycles. The number of thiol groups is 1. The Labute approximate surface area is 103 Å². The van der Waals surface area contributed by atoms with Gasteiger partial charge in [0, 0.05) is 22.7 Å². The Morgan fingerprint density at radius 2 is 2.18 bits per heavy atom. The number of hydrogen-bond acceptors (Lipinski definition) is 3. The molecule has 1 aliphatic heterocycles. The summed E-state index contributed by atoms with van der Waals surface area (Å²) in [5, 5.41) is 3.61. The molecule has 1 atom stereocenters. The highest BCUT2D eigenvalue weighted by Crippen LogP contribution is 2.22. The molecule has 1 aliphatic rings. The molecule has 1 aromatic heterocycles. The average molecular weight is 246 g/mol. The number of rotatable bonds is 1. The number of nitrogens with one attached hydrogen (secondary N) is 2. The highest BCUT2D eigenvalue weighted by molar-refractivity contribution is 7.80. The molecule has 17 heavy (non-hydrogen) atoms. The first-order valence-corrected chi connectivity index (χ1v) is 5.69. The minimum absolute atomic E-state index is 0.240. The molecule has 86 valence electrons. The van der Waals surface area contributed by atoms with Crippen molar-refractivity contribution >= 4 is 35.5 Å². The van der Waals surface area contributed by atoms with E-state index < -0.39 is 5.56 Å². The standard InChI is InChI=1S/C12H10N2O2S/c15-11-10(16-12(17)14-11)5-7-6-13-9-4-2-1-3-8(7)9/h1-6,12-13,17H,(H,14,15)/b10-5-. The lowest BCUT2D eigenvalue weighted by atomic mass is 10.1. The summed E-state index contributed by atoms with van der Waals surface area (Å²) in [7, 11) is 0. The van der Waals surface area contributed by atoms with E-state index in [1.54, 1.807) is 6.08 Å². The van der Waals surface area contributed by atoms with Crippen LogP contribution in [0.25, 0.3) is 17.0 Å². The lowest BCUT2D eigenvalue weighted by Gasteiger charge is -1.98. The molecule has 1 fully saturated rings. The summed E-state index contributed by atoms with van der Waals surface area (Å²) in [5.41, 5.74) is 1.40. The summed E-state index contributed by atoms with van der Waals surface area (Å²) in [6, 6.07) is 7.88. The molecule has 0 bridgehead atoms. The van der Waals surface area contributed by atoms with E-state index >= 15 is 0 Å². The van der Waals surface area contributed by atoms with E-state index in [4.69, 9.17) is 4.74 Å². The summed E-state index contributed by atoms with van der Waals surface area (Å²) in [6.45, 7) is 0. The van der Waals surface area contributed by atoms with Crippen LogP contribution in [-0.2, 0) is 9.53 Å². The SMILES string of the molecule is O=C1NC(S)O/C1=C\c1c[nH]c2ccccc12. The van der Waals surface area contributed by atoms with Gasteiger partial charge < -0.3 is 15.0 Å². The van der Waals surface area contributed by atoms with Gasteiger partial charge in [-0.1, -0.05) is 18.2 Å². The van der Waals surface area contributed by atoms with Crippen molar-refractivity contribution in [2.75, 3.05) is 0 Å². The van der Waals surface area contributed by atoms with E-state index in [-0.39, 0.29) is 11.7 Å². The van der Waals surface area contributed by atoms with Gasteiger partial charge in [0.15, 0.2) is 5.76 Å². The number of H-pyrrole nitrogens is 1. The van der Waals surface area contributed by atoms with E-state index in [0.717, 1.165) is 16.5 Å². The molecule has 4 nitrogen and oxygen atoms in total. The number of carbonyl (C=O) groups excluding carboxylic acids is 1. The second-order valence-corrected chi connectivity index (χ2v) is 4.21. The molecule has 5 heteroatoms. The van der Waals surface area contributed by atoms with Crippen LogP contribution >= 0.6 is 12.6 Å². The number of hydrogen-bond donors (Lipinski definition) is 3.